The van der Waals surface area contributed by atoms with Crippen molar-refractivity contribution in [2.45, 2.75) is 19.5 Å². The van der Waals surface area contributed by atoms with Gasteiger partial charge in [-0.05, 0) is 42.3 Å². The monoisotopic (exact) mass is 308 g/mol. The molecule has 0 spiro atoms. The lowest BCUT2D eigenvalue weighted by Gasteiger charge is -2.22. The summed E-state index contributed by atoms with van der Waals surface area (Å²) in [5.41, 5.74) is 9.03. The molecule has 0 aromatic heterocycles. The van der Waals surface area contributed by atoms with Gasteiger partial charge in [-0.2, -0.15) is 0 Å². The minimum atomic E-state index is -0.0141. The lowest BCUT2D eigenvalue weighted by atomic mass is 10.1. The third kappa shape index (κ3) is 3.66. The summed E-state index contributed by atoms with van der Waals surface area (Å²) < 4.78 is 0. The van der Waals surface area contributed by atoms with Crippen molar-refractivity contribution in [1.29, 1.82) is 0 Å². The van der Waals surface area contributed by atoms with Crippen LogP contribution in [0.3, 0.4) is 0 Å². The fourth-order valence-corrected chi connectivity index (χ4v) is 2.66. The Labute approximate surface area is 130 Å². The van der Waals surface area contributed by atoms with Crippen molar-refractivity contribution in [3.8, 4) is 0 Å². The van der Waals surface area contributed by atoms with E-state index in [-0.39, 0.29) is 6.04 Å². The number of halogens is 2. The van der Waals surface area contributed by atoms with E-state index in [0.29, 0.717) is 5.02 Å². The summed E-state index contributed by atoms with van der Waals surface area (Å²) in [7, 11) is 2.01. The second-order valence-corrected chi connectivity index (χ2v) is 5.83. The van der Waals surface area contributed by atoms with E-state index < -0.39 is 0 Å². The summed E-state index contributed by atoms with van der Waals surface area (Å²) >= 11 is 12.3. The molecule has 0 saturated heterocycles. The zero-order chi connectivity index (χ0) is 14.7. The highest BCUT2D eigenvalue weighted by molar-refractivity contribution is 6.33. The zero-order valence-corrected chi connectivity index (χ0v) is 13.1. The largest absolute Gasteiger partial charge is 0.369 e. The van der Waals surface area contributed by atoms with E-state index in [4.69, 9.17) is 28.9 Å². The number of hydrogen-bond donors (Lipinski definition) is 1. The van der Waals surface area contributed by atoms with E-state index in [1.165, 1.54) is 0 Å². The SMILES string of the molecule is CC(N)c1ccc(N(C)Cc2cccc(Cl)c2)c(Cl)c1. The molecule has 0 amide bonds. The van der Waals surface area contributed by atoms with Gasteiger partial charge in [0.1, 0.15) is 0 Å². The van der Waals surface area contributed by atoms with Crippen molar-refractivity contribution in [2.24, 2.45) is 5.73 Å². The number of nitrogens with zero attached hydrogens (tertiary/aromatic N) is 1. The second-order valence-electron chi connectivity index (χ2n) is 4.99. The maximum atomic E-state index is 6.34. The Kier molecular flexibility index (Phi) is 4.92. The van der Waals surface area contributed by atoms with Crippen LogP contribution in [0.25, 0.3) is 0 Å². The molecule has 0 bridgehead atoms. The van der Waals surface area contributed by atoms with Crippen molar-refractivity contribution >= 4 is 28.9 Å². The first-order valence-electron chi connectivity index (χ1n) is 6.48. The van der Waals surface area contributed by atoms with E-state index in [0.717, 1.165) is 28.4 Å². The minimum absolute atomic E-state index is 0.0141. The number of rotatable bonds is 4. The van der Waals surface area contributed by atoms with Gasteiger partial charge in [0.2, 0.25) is 0 Å². The molecule has 2 rings (SSSR count). The maximum absolute atomic E-state index is 6.34. The molecule has 106 valence electrons. The smallest absolute Gasteiger partial charge is 0.0642 e. The first kappa shape index (κ1) is 15.2. The standard InChI is InChI=1S/C16H18Cl2N2/c1-11(19)13-6-7-16(15(18)9-13)20(2)10-12-4-3-5-14(17)8-12/h3-9,11H,10,19H2,1-2H3. The molecular weight excluding hydrogens is 291 g/mol. The van der Waals surface area contributed by atoms with E-state index in [1.807, 2.05) is 56.4 Å². The van der Waals surface area contributed by atoms with E-state index in [9.17, 15) is 0 Å². The molecule has 2 nitrogen and oxygen atoms in total. The van der Waals surface area contributed by atoms with Crippen molar-refractivity contribution in [3.05, 3.63) is 63.6 Å². The number of hydrogen-bond acceptors (Lipinski definition) is 2. The lowest BCUT2D eigenvalue weighted by Crippen LogP contribution is -2.17. The predicted octanol–water partition coefficient (Wildman–Crippen LogP) is 4.65. The molecule has 0 aliphatic rings. The van der Waals surface area contributed by atoms with Crippen LogP contribution >= 0.6 is 23.2 Å². The first-order chi connectivity index (χ1) is 9.47. The topological polar surface area (TPSA) is 29.3 Å². The Morgan fingerprint density at radius 2 is 1.90 bits per heavy atom. The van der Waals surface area contributed by atoms with Crippen LogP contribution in [-0.4, -0.2) is 7.05 Å². The zero-order valence-electron chi connectivity index (χ0n) is 11.6. The molecule has 4 heteroatoms. The molecule has 2 aromatic carbocycles. The van der Waals surface area contributed by atoms with Gasteiger partial charge in [0.25, 0.3) is 0 Å². The van der Waals surface area contributed by atoms with Crippen LogP contribution in [0.1, 0.15) is 24.1 Å². The van der Waals surface area contributed by atoms with Gasteiger partial charge in [-0.1, -0.05) is 41.4 Å². The Morgan fingerprint density at radius 3 is 2.50 bits per heavy atom. The number of benzene rings is 2. The summed E-state index contributed by atoms with van der Waals surface area (Å²) in [4.78, 5) is 2.10. The van der Waals surface area contributed by atoms with Gasteiger partial charge in [0, 0.05) is 24.7 Å². The van der Waals surface area contributed by atoms with Crippen LogP contribution in [0.2, 0.25) is 10.0 Å². The molecule has 0 aliphatic carbocycles. The molecular formula is C16H18Cl2N2. The Morgan fingerprint density at radius 1 is 1.15 bits per heavy atom. The molecule has 0 radical (unpaired) electrons. The average molecular weight is 309 g/mol. The highest BCUT2D eigenvalue weighted by atomic mass is 35.5. The molecule has 0 heterocycles. The summed E-state index contributed by atoms with van der Waals surface area (Å²) in [6.07, 6.45) is 0. The van der Waals surface area contributed by atoms with Crippen molar-refractivity contribution < 1.29 is 0 Å². The van der Waals surface area contributed by atoms with Gasteiger partial charge in [-0.3, -0.25) is 0 Å². The van der Waals surface area contributed by atoms with E-state index in [1.54, 1.807) is 0 Å². The van der Waals surface area contributed by atoms with Crippen LogP contribution in [0, 0.1) is 0 Å². The highest BCUT2D eigenvalue weighted by Gasteiger charge is 2.09. The van der Waals surface area contributed by atoms with Gasteiger partial charge in [-0.25, -0.2) is 0 Å². The Hall–Kier alpha value is -1.22. The molecule has 1 unspecified atom stereocenters. The summed E-state index contributed by atoms with van der Waals surface area (Å²) in [5.74, 6) is 0. The first-order valence-corrected chi connectivity index (χ1v) is 7.23. The molecule has 1 atom stereocenters. The van der Waals surface area contributed by atoms with Gasteiger partial charge < -0.3 is 10.6 Å². The predicted molar refractivity (Wildman–Crippen MR) is 87.6 cm³/mol. The number of anilines is 1. The minimum Gasteiger partial charge on any atom is -0.369 e. The normalized spacial score (nSPS) is 12.2. The summed E-state index contributed by atoms with van der Waals surface area (Å²) in [5, 5.41) is 1.46. The Balaban J connectivity index is 2.19. The van der Waals surface area contributed by atoms with Crippen LogP contribution in [-0.2, 0) is 6.54 Å². The summed E-state index contributed by atoms with van der Waals surface area (Å²) in [6, 6.07) is 13.8. The van der Waals surface area contributed by atoms with Crippen molar-refractivity contribution in [1.82, 2.24) is 0 Å². The van der Waals surface area contributed by atoms with Crippen LogP contribution in [0.15, 0.2) is 42.5 Å². The van der Waals surface area contributed by atoms with Crippen LogP contribution in [0.5, 0.6) is 0 Å². The third-order valence-corrected chi connectivity index (χ3v) is 3.76. The lowest BCUT2D eigenvalue weighted by molar-refractivity contribution is 0.817. The highest BCUT2D eigenvalue weighted by Crippen LogP contribution is 2.29. The number of nitrogens with two attached hydrogens (primary N) is 1. The van der Waals surface area contributed by atoms with Crippen molar-refractivity contribution in [3.63, 3.8) is 0 Å². The van der Waals surface area contributed by atoms with Crippen LogP contribution in [0.4, 0.5) is 5.69 Å². The fourth-order valence-electron chi connectivity index (χ4n) is 2.11. The van der Waals surface area contributed by atoms with Gasteiger partial charge in [0.05, 0.1) is 10.7 Å². The molecule has 20 heavy (non-hydrogen) atoms. The molecule has 0 aliphatic heterocycles. The summed E-state index contributed by atoms with van der Waals surface area (Å²) in [6.45, 7) is 2.69. The Bertz CT molecular complexity index is 597. The van der Waals surface area contributed by atoms with Crippen molar-refractivity contribution in [2.75, 3.05) is 11.9 Å². The average Bonchev–Trinajstić information content (AvgIpc) is 2.38. The molecule has 0 saturated carbocycles. The second kappa shape index (κ2) is 6.49. The third-order valence-electron chi connectivity index (χ3n) is 3.22. The molecule has 2 N–H and O–H groups in total. The molecule has 0 fully saturated rings. The quantitative estimate of drug-likeness (QED) is 0.891. The maximum Gasteiger partial charge on any atom is 0.0642 e. The van der Waals surface area contributed by atoms with E-state index in [2.05, 4.69) is 4.90 Å². The fraction of sp³-hybridized carbons (Fsp3) is 0.250. The molecule has 2 aromatic rings. The van der Waals surface area contributed by atoms with E-state index >= 15 is 0 Å². The van der Waals surface area contributed by atoms with Gasteiger partial charge >= 0.3 is 0 Å². The van der Waals surface area contributed by atoms with Gasteiger partial charge in [0.15, 0.2) is 0 Å². The van der Waals surface area contributed by atoms with Crippen LogP contribution < -0.4 is 10.6 Å². The van der Waals surface area contributed by atoms with Gasteiger partial charge in [-0.15, -0.1) is 0 Å².